The molecule has 0 fully saturated rings. The number of aromatic nitrogens is 3. The molecule has 1 aromatic heterocycles. The highest BCUT2D eigenvalue weighted by Gasteiger charge is 2.12. The molecule has 0 aliphatic rings. The second-order valence-corrected chi connectivity index (χ2v) is 3.37. The first-order chi connectivity index (χ1) is 6.75. The summed E-state index contributed by atoms with van der Waals surface area (Å²) in [6, 6.07) is 0.366. The third-order valence-electron chi connectivity index (χ3n) is 1.95. The Hall–Kier alpha value is -1.23. The Morgan fingerprint density at radius 1 is 1.43 bits per heavy atom. The molecule has 0 aromatic carbocycles. The molecule has 0 unspecified atom stereocenters. The predicted molar refractivity (Wildman–Crippen MR) is 56.0 cm³/mol. The highest BCUT2D eigenvalue weighted by Crippen LogP contribution is 2.08. The van der Waals surface area contributed by atoms with Gasteiger partial charge < -0.3 is 10.6 Å². The van der Waals surface area contributed by atoms with Gasteiger partial charge in [-0.15, -0.1) is 5.10 Å². The Balaban J connectivity index is 2.68. The van der Waals surface area contributed by atoms with E-state index in [2.05, 4.69) is 33.9 Å². The number of nitrogens with zero attached hydrogens (tertiary/aromatic N) is 4. The third kappa shape index (κ3) is 2.92. The molecule has 0 amide bonds. The molecule has 1 aromatic rings. The van der Waals surface area contributed by atoms with Gasteiger partial charge in [-0.05, 0) is 26.8 Å². The molecule has 14 heavy (non-hydrogen) atoms. The molecule has 0 aliphatic heterocycles. The van der Waals surface area contributed by atoms with Crippen LogP contribution in [0.5, 0.6) is 0 Å². The van der Waals surface area contributed by atoms with E-state index in [1.807, 2.05) is 0 Å². The van der Waals surface area contributed by atoms with Crippen LogP contribution >= 0.6 is 0 Å². The van der Waals surface area contributed by atoms with E-state index >= 15 is 0 Å². The molecule has 0 radical (unpaired) electrons. The zero-order valence-corrected chi connectivity index (χ0v) is 8.72. The molecule has 5 heteroatoms. The van der Waals surface area contributed by atoms with Crippen LogP contribution < -0.4 is 10.6 Å². The number of rotatable bonds is 5. The number of hydrogen-bond acceptors (Lipinski definition) is 5. The summed E-state index contributed by atoms with van der Waals surface area (Å²) in [5, 5.41) is 7.79. The van der Waals surface area contributed by atoms with Crippen molar-refractivity contribution < 1.29 is 0 Å². The molecule has 2 N–H and O–H groups in total. The maximum absolute atomic E-state index is 5.47. The summed E-state index contributed by atoms with van der Waals surface area (Å²) in [7, 11) is 0. The monoisotopic (exact) mass is 195 g/mol. The lowest BCUT2D eigenvalue weighted by atomic mass is 10.3. The second kappa shape index (κ2) is 5.49. The predicted octanol–water partition coefficient (Wildman–Crippen LogP) is 0.435. The normalized spacial score (nSPS) is 10.6. The Labute approximate surface area is 84.3 Å². The molecule has 78 valence electrons. The van der Waals surface area contributed by atoms with Gasteiger partial charge in [0.2, 0.25) is 5.95 Å². The van der Waals surface area contributed by atoms with Crippen molar-refractivity contribution in [2.24, 2.45) is 5.73 Å². The van der Waals surface area contributed by atoms with Gasteiger partial charge >= 0.3 is 0 Å². The van der Waals surface area contributed by atoms with Gasteiger partial charge in [-0.1, -0.05) is 0 Å². The van der Waals surface area contributed by atoms with Gasteiger partial charge in [0.05, 0.1) is 12.4 Å². The molecule has 5 nitrogen and oxygen atoms in total. The maximum atomic E-state index is 5.47. The molecule has 0 aliphatic carbocycles. The van der Waals surface area contributed by atoms with E-state index in [0.717, 1.165) is 13.0 Å². The van der Waals surface area contributed by atoms with Gasteiger partial charge in [0.25, 0.3) is 0 Å². The largest absolute Gasteiger partial charge is 0.337 e. The summed E-state index contributed by atoms with van der Waals surface area (Å²) >= 11 is 0. The van der Waals surface area contributed by atoms with Gasteiger partial charge in [0, 0.05) is 12.6 Å². The lowest BCUT2D eigenvalue weighted by Crippen LogP contribution is -2.34. The molecule has 0 spiro atoms. The Morgan fingerprint density at radius 2 is 2.21 bits per heavy atom. The van der Waals surface area contributed by atoms with Crippen LogP contribution in [0.3, 0.4) is 0 Å². The lowest BCUT2D eigenvalue weighted by molar-refractivity contribution is 0.632. The molecule has 0 saturated carbocycles. The van der Waals surface area contributed by atoms with Gasteiger partial charge in [-0.25, -0.2) is 4.98 Å². The lowest BCUT2D eigenvalue weighted by Gasteiger charge is -2.25. The highest BCUT2D eigenvalue weighted by molar-refractivity contribution is 5.28. The Morgan fingerprint density at radius 3 is 2.71 bits per heavy atom. The molecule has 1 rings (SSSR count). The maximum Gasteiger partial charge on any atom is 0.245 e. The first-order valence-corrected chi connectivity index (χ1v) is 4.86. The van der Waals surface area contributed by atoms with Crippen LogP contribution in [0.25, 0.3) is 0 Å². The zero-order valence-electron chi connectivity index (χ0n) is 8.72. The Kier molecular flexibility index (Phi) is 4.25. The molecule has 1 heterocycles. The fraction of sp³-hybridized carbons (Fsp3) is 0.667. The smallest absolute Gasteiger partial charge is 0.245 e. The minimum Gasteiger partial charge on any atom is -0.337 e. The quantitative estimate of drug-likeness (QED) is 0.738. The van der Waals surface area contributed by atoms with Crippen LogP contribution in [-0.4, -0.2) is 34.3 Å². The van der Waals surface area contributed by atoms with Gasteiger partial charge in [0.15, 0.2) is 0 Å². The Bertz CT molecular complexity index is 249. The minimum atomic E-state index is 0.366. The van der Waals surface area contributed by atoms with Crippen molar-refractivity contribution in [2.75, 3.05) is 18.0 Å². The summed E-state index contributed by atoms with van der Waals surface area (Å²) in [5.74, 6) is 0.677. The van der Waals surface area contributed by atoms with E-state index in [1.54, 1.807) is 12.4 Å². The summed E-state index contributed by atoms with van der Waals surface area (Å²) in [6.07, 6.45) is 4.17. The third-order valence-corrected chi connectivity index (χ3v) is 1.95. The summed E-state index contributed by atoms with van der Waals surface area (Å²) in [5.41, 5.74) is 5.47. The van der Waals surface area contributed by atoms with Crippen molar-refractivity contribution in [1.29, 1.82) is 0 Å². The highest BCUT2D eigenvalue weighted by atomic mass is 15.3. The van der Waals surface area contributed by atoms with Crippen LogP contribution in [-0.2, 0) is 0 Å². The van der Waals surface area contributed by atoms with Crippen molar-refractivity contribution in [2.45, 2.75) is 26.3 Å². The van der Waals surface area contributed by atoms with E-state index in [4.69, 9.17) is 5.73 Å². The standard InChI is InChI=1S/C9H17N5/c1-8(2)14(7-3-4-10)9-11-5-6-12-13-9/h5-6,8H,3-4,7,10H2,1-2H3. The minimum absolute atomic E-state index is 0.366. The van der Waals surface area contributed by atoms with Crippen LogP contribution in [0, 0.1) is 0 Å². The average molecular weight is 195 g/mol. The first-order valence-electron chi connectivity index (χ1n) is 4.86. The molecule has 0 atom stereocenters. The topological polar surface area (TPSA) is 67.9 Å². The van der Waals surface area contributed by atoms with E-state index in [-0.39, 0.29) is 0 Å². The van der Waals surface area contributed by atoms with E-state index < -0.39 is 0 Å². The van der Waals surface area contributed by atoms with Crippen molar-refractivity contribution in [3.05, 3.63) is 12.4 Å². The van der Waals surface area contributed by atoms with Crippen molar-refractivity contribution in [3.8, 4) is 0 Å². The van der Waals surface area contributed by atoms with Crippen molar-refractivity contribution in [1.82, 2.24) is 15.2 Å². The fourth-order valence-corrected chi connectivity index (χ4v) is 1.22. The summed E-state index contributed by atoms with van der Waals surface area (Å²) in [4.78, 5) is 6.26. The van der Waals surface area contributed by atoms with E-state index in [1.165, 1.54) is 0 Å². The summed E-state index contributed by atoms with van der Waals surface area (Å²) < 4.78 is 0. The summed E-state index contributed by atoms with van der Waals surface area (Å²) in [6.45, 7) is 5.77. The van der Waals surface area contributed by atoms with Gasteiger partial charge in [-0.2, -0.15) is 5.10 Å². The van der Waals surface area contributed by atoms with Crippen LogP contribution in [0.1, 0.15) is 20.3 Å². The zero-order chi connectivity index (χ0) is 10.4. The first kappa shape index (κ1) is 10.8. The SMILES string of the molecule is CC(C)N(CCCN)c1nccnn1. The molecular weight excluding hydrogens is 178 g/mol. The van der Waals surface area contributed by atoms with Crippen LogP contribution in [0.4, 0.5) is 5.95 Å². The number of hydrogen-bond donors (Lipinski definition) is 1. The second-order valence-electron chi connectivity index (χ2n) is 3.37. The van der Waals surface area contributed by atoms with Gasteiger partial charge in [-0.3, -0.25) is 0 Å². The van der Waals surface area contributed by atoms with Crippen molar-refractivity contribution in [3.63, 3.8) is 0 Å². The van der Waals surface area contributed by atoms with E-state index in [9.17, 15) is 0 Å². The fourth-order valence-electron chi connectivity index (χ4n) is 1.22. The van der Waals surface area contributed by atoms with E-state index in [0.29, 0.717) is 18.5 Å². The van der Waals surface area contributed by atoms with Crippen LogP contribution in [0.15, 0.2) is 12.4 Å². The number of nitrogens with two attached hydrogens (primary N) is 1. The average Bonchev–Trinajstić information content (AvgIpc) is 2.19. The van der Waals surface area contributed by atoms with Gasteiger partial charge in [0.1, 0.15) is 0 Å². The van der Waals surface area contributed by atoms with Crippen molar-refractivity contribution >= 4 is 5.95 Å². The van der Waals surface area contributed by atoms with Crippen LogP contribution in [0.2, 0.25) is 0 Å². The molecule has 0 bridgehead atoms. The molecular formula is C9H17N5. The molecule has 0 saturated heterocycles. The number of anilines is 1.